The van der Waals surface area contributed by atoms with Crippen LogP contribution in [0.3, 0.4) is 0 Å². The molecule has 1 rings (SSSR count). The van der Waals surface area contributed by atoms with E-state index in [-0.39, 0.29) is 6.03 Å². The number of esters is 1. The highest BCUT2D eigenvalue weighted by molar-refractivity contribution is 6.00. The van der Waals surface area contributed by atoms with E-state index in [9.17, 15) is 9.59 Å². The summed E-state index contributed by atoms with van der Waals surface area (Å²) in [5.74, 6) is -0.434. The van der Waals surface area contributed by atoms with Gasteiger partial charge in [-0.15, -0.1) is 0 Å². The van der Waals surface area contributed by atoms with Crippen molar-refractivity contribution in [3.63, 3.8) is 0 Å². The number of nitrogens with one attached hydrogen (secondary N) is 2. The van der Waals surface area contributed by atoms with E-state index >= 15 is 0 Å². The summed E-state index contributed by atoms with van der Waals surface area (Å²) >= 11 is 0. The third-order valence-corrected chi connectivity index (χ3v) is 2.72. The lowest BCUT2D eigenvalue weighted by Gasteiger charge is -2.11. The molecule has 116 valence electrons. The summed E-state index contributed by atoms with van der Waals surface area (Å²) in [5, 5.41) is 5.26. The summed E-state index contributed by atoms with van der Waals surface area (Å²) in [6, 6.07) is 6.37. The number of amides is 2. The van der Waals surface area contributed by atoms with Gasteiger partial charge in [-0.2, -0.15) is 0 Å². The van der Waals surface area contributed by atoms with Crippen LogP contribution in [0.15, 0.2) is 24.3 Å². The molecule has 6 nitrogen and oxygen atoms in total. The van der Waals surface area contributed by atoms with Crippen LogP contribution in [0.2, 0.25) is 0 Å². The fourth-order valence-corrected chi connectivity index (χ4v) is 1.59. The number of hydrogen-bond acceptors (Lipinski definition) is 4. The molecule has 0 fully saturated rings. The predicted octanol–water partition coefficient (Wildman–Crippen LogP) is 2.41. The van der Waals surface area contributed by atoms with Gasteiger partial charge in [0.25, 0.3) is 0 Å². The lowest BCUT2D eigenvalue weighted by atomic mass is 10.2. The largest absolute Gasteiger partial charge is 0.462 e. The standard InChI is InChI=1S/C15H22N2O4/c1-3-4-10-21-14(18)12-7-5-6-8-13(12)17-15(19)16-9-11-20-2/h5-8H,3-4,9-11H2,1-2H3,(H2,16,17,19). The molecule has 2 N–H and O–H groups in total. The topological polar surface area (TPSA) is 76.7 Å². The summed E-state index contributed by atoms with van der Waals surface area (Å²) in [7, 11) is 1.56. The molecular weight excluding hydrogens is 272 g/mol. The van der Waals surface area contributed by atoms with Gasteiger partial charge in [0.2, 0.25) is 0 Å². The minimum Gasteiger partial charge on any atom is -0.462 e. The molecule has 0 aliphatic carbocycles. The first-order valence-electron chi connectivity index (χ1n) is 6.99. The Bertz CT molecular complexity index is 463. The van der Waals surface area contributed by atoms with Crippen molar-refractivity contribution < 1.29 is 19.1 Å². The zero-order valence-electron chi connectivity index (χ0n) is 12.5. The van der Waals surface area contributed by atoms with Gasteiger partial charge in [0, 0.05) is 13.7 Å². The van der Waals surface area contributed by atoms with Crippen LogP contribution in [0.5, 0.6) is 0 Å². The Hall–Kier alpha value is -2.08. The van der Waals surface area contributed by atoms with Gasteiger partial charge in [-0.05, 0) is 18.6 Å². The van der Waals surface area contributed by atoms with Crippen molar-refractivity contribution in [1.29, 1.82) is 0 Å². The van der Waals surface area contributed by atoms with Crippen LogP contribution < -0.4 is 10.6 Å². The van der Waals surface area contributed by atoms with Gasteiger partial charge >= 0.3 is 12.0 Å². The van der Waals surface area contributed by atoms with Crippen molar-refractivity contribution >= 4 is 17.7 Å². The van der Waals surface area contributed by atoms with Crippen molar-refractivity contribution in [3.8, 4) is 0 Å². The van der Waals surface area contributed by atoms with Crippen LogP contribution in [0.1, 0.15) is 30.1 Å². The number of carbonyl (C=O) groups is 2. The zero-order valence-corrected chi connectivity index (χ0v) is 12.5. The molecule has 0 saturated carbocycles. The number of methoxy groups -OCH3 is 1. The van der Waals surface area contributed by atoms with E-state index in [1.807, 2.05) is 6.92 Å². The molecule has 0 aliphatic rings. The second kappa shape index (κ2) is 9.77. The Morgan fingerprint density at radius 2 is 1.95 bits per heavy atom. The fraction of sp³-hybridized carbons (Fsp3) is 0.467. The summed E-state index contributed by atoms with van der Waals surface area (Å²) < 4.78 is 10.0. The van der Waals surface area contributed by atoms with Crippen LogP contribution in [0.25, 0.3) is 0 Å². The van der Waals surface area contributed by atoms with Crippen molar-refractivity contribution in [3.05, 3.63) is 29.8 Å². The average molecular weight is 294 g/mol. The molecule has 2 amide bonds. The average Bonchev–Trinajstić information content (AvgIpc) is 2.48. The predicted molar refractivity (Wildman–Crippen MR) is 80.5 cm³/mol. The van der Waals surface area contributed by atoms with E-state index < -0.39 is 5.97 Å². The SMILES string of the molecule is CCCCOC(=O)c1ccccc1NC(=O)NCCOC. The van der Waals surface area contributed by atoms with Crippen molar-refractivity contribution in [1.82, 2.24) is 5.32 Å². The Balaban J connectivity index is 2.61. The molecule has 0 aliphatic heterocycles. The highest BCUT2D eigenvalue weighted by Crippen LogP contribution is 2.16. The Kier molecular flexibility index (Phi) is 7.89. The third kappa shape index (κ3) is 6.27. The number of benzene rings is 1. The number of para-hydroxylation sites is 1. The molecule has 0 radical (unpaired) electrons. The van der Waals surface area contributed by atoms with E-state index in [1.165, 1.54) is 0 Å². The summed E-state index contributed by atoms with van der Waals surface area (Å²) in [6.45, 7) is 3.22. The monoisotopic (exact) mass is 294 g/mol. The molecule has 0 heterocycles. The minimum atomic E-state index is -0.434. The highest BCUT2D eigenvalue weighted by atomic mass is 16.5. The van der Waals surface area contributed by atoms with Gasteiger partial charge in [0.05, 0.1) is 24.5 Å². The summed E-state index contributed by atoms with van der Waals surface area (Å²) in [6.07, 6.45) is 1.77. The van der Waals surface area contributed by atoms with Crippen LogP contribution in [0.4, 0.5) is 10.5 Å². The number of urea groups is 1. The van der Waals surface area contributed by atoms with Gasteiger partial charge in [0.1, 0.15) is 0 Å². The molecule has 6 heteroatoms. The van der Waals surface area contributed by atoms with E-state index in [4.69, 9.17) is 9.47 Å². The Labute approximate surface area is 124 Å². The lowest BCUT2D eigenvalue weighted by molar-refractivity contribution is 0.0501. The van der Waals surface area contributed by atoms with Crippen LogP contribution in [0, 0.1) is 0 Å². The zero-order chi connectivity index (χ0) is 15.5. The second-order valence-corrected chi connectivity index (χ2v) is 4.41. The number of rotatable bonds is 8. The minimum absolute atomic E-state index is 0.343. The first-order chi connectivity index (χ1) is 10.2. The van der Waals surface area contributed by atoms with Gasteiger partial charge < -0.3 is 20.1 Å². The van der Waals surface area contributed by atoms with Crippen LogP contribution >= 0.6 is 0 Å². The maximum Gasteiger partial charge on any atom is 0.340 e. The third-order valence-electron chi connectivity index (χ3n) is 2.72. The molecule has 0 saturated heterocycles. The number of carbonyl (C=O) groups excluding carboxylic acids is 2. The molecule has 0 atom stereocenters. The van der Waals surface area contributed by atoms with E-state index in [1.54, 1.807) is 31.4 Å². The summed E-state index contributed by atoms with van der Waals surface area (Å²) in [4.78, 5) is 23.7. The van der Waals surface area contributed by atoms with Gasteiger partial charge in [-0.25, -0.2) is 9.59 Å². The number of anilines is 1. The highest BCUT2D eigenvalue weighted by Gasteiger charge is 2.13. The second-order valence-electron chi connectivity index (χ2n) is 4.41. The Morgan fingerprint density at radius 3 is 2.67 bits per heavy atom. The molecule has 0 spiro atoms. The first-order valence-corrected chi connectivity index (χ1v) is 6.99. The molecule has 21 heavy (non-hydrogen) atoms. The molecule has 1 aromatic carbocycles. The van der Waals surface area contributed by atoms with Crippen LogP contribution in [-0.4, -0.2) is 38.9 Å². The van der Waals surface area contributed by atoms with Gasteiger partial charge in [-0.1, -0.05) is 25.5 Å². The fourth-order valence-electron chi connectivity index (χ4n) is 1.59. The smallest absolute Gasteiger partial charge is 0.340 e. The normalized spacial score (nSPS) is 10.0. The lowest BCUT2D eigenvalue weighted by Crippen LogP contribution is -2.32. The van der Waals surface area contributed by atoms with Crippen molar-refractivity contribution in [2.45, 2.75) is 19.8 Å². The number of hydrogen-bond donors (Lipinski definition) is 2. The molecular formula is C15H22N2O4. The van der Waals surface area contributed by atoms with Crippen molar-refractivity contribution in [2.24, 2.45) is 0 Å². The maximum absolute atomic E-state index is 12.0. The molecule has 0 unspecified atom stereocenters. The van der Waals surface area contributed by atoms with Gasteiger partial charge in [-0.3, -0.25) is 0 Å². The quantitative estimate of drug-likeness (QED) is 0.570. The van der Waals surface area contributed by atoms with E-state index in [0.29, 0.717) is 31.0 Å². The van der Waals surface area contributed by atoms with Gasteiger partial charge in [0.15, 0.2) is 0 Å². The first kappa shape index (κ1) is 17.0. The van der Waals surface area contributed by atoms with E-state index in [0.717, 1.165) is 12.8 Å². The summed E-state index contributed by atoms with van der Waals surface area (Å²) in [5.41, 5.74) is 0.768. The number of ether oxygens (including phenoxy) is 2. The molecule has 0 aromatic heterocycles. The molecule has 0 bridgehead atoms. The molecule has 1 aromatic rings. The maximum atomic E-state index is 12.0. The number of unbranched alkanes of at least 4 members (excludes halogenated alkanes) is 1. The van der Waals surface area contributed by atoms with E-state index in [2.05, 4.69) is 10.6 Å². The Morgan fingerprint density at radius 1 is 1.19 bits per heavy atom. The van der Waals surface area contributed by atoms with Crippen LogP contribution in [-0.2, 0) is 9.47 Å². The van der Waals surface area contributed by atoms with Crippen molar-refractivity contribution in [2.75, 3.05) is 32.2 Å².